The van der Waals surface area contributed by atoms with Crippen molar-refractivity contribution in [2.24, 2.45) is 0 Å². The van der Waals surface area contributed by atoms with Crippen molar-refractivity contribution in [1.82, 2.24) is 4.98 Å². The van der Waals surface area contributed by atoms with Crippen LogP contribution in [-0.4, -0.2) is 23.3 Å². The van der Waals surface area contributed by atoms with Crippen LogP contribution in [0.4, 0.5) is 5.82 Å². The van der Waals surface area contributed by atoms with Gasteiger partial charge in [0, 0.05) is 37.8 Å². The SMILES string of the molecule is Nc1ccc(C2(O)CCOCC2)cn1. The van der Waals surface area contributed by atoms with Gasteiger partial charge in [0.1, 0.15) is 5.82 Å². The lowest BCUT2D eigenvalue weighted by molar-refractivity contribution is -0.0680. The first kappa shape index (κ1) is 9.43. The number of aromatic nitrogens is 1. The van der Waals surface area contributed by atoms with Crippen molar-refractivity contribution < 1.29 is 9.84 Å². The summed E-state index contributed by atoms with van der Waals surface area (Å²) in [5.41, 5.74) is 5.53. The Morgan fingerprint density at radius 1 is 1.36 bits per heavy atom. The highest BCUT2D eigenvalue weighted by Gasteiger charge is 2.31. The summed E-state index contributed by atoms with van der Waals surface area (Å²) in [6, 6.07) is 3.54. The van der Waals surface area contributed by atoms with Crippen molar-refractivity contribution in [3.63, 3.8) is 0 Å². The van der Waals surface area contributed by atoms with Crippen molar-refractivity contribution in [2.45, 2.75) is 18.4 Å². The zero-order chi connectivity index (χ0) is 10.0. The van der Waals surface area contributed by atoms with Gasteiger partial charge in [-0.2, -0.15) is 0 Å². The number of anilines is 1. The molecule has 1 aliphatic heterocycles. The average Bonchev–Trinajstić information content (AvgIpc) is 2.19. The van der Waals surface area contributed by atoms with Crippen LogP contribution in [0.1, 0.15) is 18.4 Å². The van der Waals surface area contributed by atoms with E-state index in [0.717, 1.165) is 5.56 Å². The van der Waals surface area contributed by atoms with Gasteiger partial charge >= 0.3 is 0 Å². The van der Waals surface area contributed by atoms with Crippen LogP contribution >= 0.6 is 0 Å². The lowest BCUT2D eigenvalue weighted by Crippen LogP contribution is -2.33. The average molecular weight is 194 g/mol. The molecule has 4 nitrogen and oxygen atoms in total. The third-order valence-electron chi connectivity index (χ3n) is 2.64. The molecular formula is C10H14N2O2. The lowest BCUT2D eigenvalue weighted by atomic mass is 9.87. The molecule has 0 atom stereocenters. The molecule has 14 heavy (non-hydrogen) atoms. The second kappa shape index (κ2) is 3.55. The fourth-order valence-corrected chi connectivity index (χ4v) is 1.68. The predicted molar refractivity (Wildman–Crippen MR) is 52.6 cm³/mol. The fourth-order valence-electron chi connectivity index (χ4n) is 1.68. The highest BCUT2D eigenvalue weighted by atomic mass is 16.5. The Kier molecular flexibility index (Phi) is 2.39. The maximum atomic E-state index is 10.3. The number of nitrogen functional groups attached to an aromatic ring is 1. The Balaban J connectivity index is 2.23. The zero-order valence-corrected chi connectivity index (χ0v) is 7.94. The zero-order valence-electron chi connectivity index (χ0n) is 7.94. The molecule has 1 fully saturated rings. The first-order chi connectivity index (χ1) is 6.71. The topological polar surface area (TPSA) is 68.4 Å². The van der Waals surface area contributed by atoms with E-state index in [2.05, 4.69) is 4.98 Å². The van der Waals surface area contributed by atoms with E-state index in [9.17, 15) is 5.11 Å². The molecule has 1 aromatic rings. The van der Waals surface area contributed by atoms with E-state index in [4.69, 9.17) is 10.5 Å². The van der Waals surface area contributed by atoms with Gasteiger partial charge in [0.2, 0.25) is 0 Å². The van der Waals surface area contributed by atoms with Crippen molar-refractivity contribution in [3.8, 4) is 0 Å². The van der Waals surface area contributed by atoms with Gasteiger partial charge in [-0.25, -0.2) is 4.98 Å². The maximum Gasteiger partial charge on any atom is 0.123 e. The highest BCUT2D eigenvalue weighted by molar-refractivity contribution is 5.31. The standard InChI is InChI=1S/C10H14N2O2/c11-9-2-1-8(7-12-9)10(13)3-5-14-6-4-10/h1-2,7,13H,3-6H2,(H2,11,12). The summed E-state index contributed by atoms with van der Waals surface area (Å²) in [7, 11) is 0. The third kappa shape index (κ3) is 1.71. The summed E-state index contributed by atoms with van der Waals surface area (Å²) >= 11 is 0. The number of nitrogens with zero attached hydrogens (tertiary/aromatic N) is 1. The summed E-state index contributed by atoms with van der Waals surface area (Å²) in [6.07, 6.45) is 2.89. The summed E-state index contributed by atoms with van der Waals surface area (Å²) in [6.45, 7) is 1.20. The number of ether oxygens (including phenoxy) is 1. The van der Waals surface area contributed by atoms with Gasteiger partial charge in [-0.05, 0) is 6.07 Å². The van der Waals surface area contributed by atoms with E-state index in [1.54, 1.807) is 12.3 Å². The van der Waals surface area contributed by atoms with Crippen LogP contribution in [0, 0.1) is 0 Å². The van der Waals surface area contributed by atoms with Gasteiger partial charge in [-0.3, -0.25) is 0 Å². The van der Waals surface area contributed by atoms with E-state index in [1.165, 1.54) is 0 Å². The second-order valence-corrected chi connectivity index (χ2v) is 3.62. The Morgan fingerprint density at radius 2 is 2.07 bits per heavy atom. The van der Waals surface area contributed by atoms with Crippen LogP contribution < -0.4 is 5.73 Å². The number of hydrogen-bond acceptors (Lipinski definition) is 4. The highest BCUT2D eigenvalue weighted by Crippen LogP contribution is 2.31. The molecule has 0 spiro atoms. The number of nitrogens with two attached hydrogens (primary N) is 1. The van der Waals surface area contributed by atoms with Gasteiger partial charge < -0.3 is 15.6 Å². The number of hydrogen-bond donors (Lipinski definition) is 2. The minimum Gasteiger partial charge on any atom is -0.385 e. The van der Waals surface area contributed by atoms with E-state index in [1.807, 2.05) is 6.07 Å². The molecule has 0 amide bonds. The molecule has 76 valence electrons. The molecule has 1 saturated heterocycles. The largest absolute Gasteiger partial charge is 0.385 e. The van der Waals surface area contributed by atoms with Crippen LogP contribution in [0.5, 0.6) is 0 Å². The van der Waals surface area contributed by atoms with E-state index >= 15 is 0 Å². The number of pyridine rings is 1. The van der Waals surface area contributed by atoms with Crippen LogP contribution in [-0.2, 0) is 10.3 Å². The van der Waals surface area contributed by atoms with Crippen LogP contribution in [0.15, 0.2) is 18.3 Å². The normalized spacial score (nSPS) is 20.6. The van der Waals surface area contributed by atoms with Gasteiger partial charge in [0.25, 0.3) is 0 Å². The molecule has 0 radical (unpaired) electrons. The predicted octanol–water partition coefficient (Wildman–Crippen LogP) is 0.662. The third-order valence-corrected chi connectivity index (χ3v) is 2.64. The fraction of sp³-hybridized carbons (Fsp3) is 0.500. The molecule has 1 aliphatic rings. The van der Waals surface area contributed by atoms with Gasteiger partial charge in [0.05, 0.1) is 5.60 Å². The van der Waals surface area contributed by atoms with Crippen molar-refractivity contribution in [2.75, 3.05) is 18.9 Å². The first-order valence-corrected chi connectivity index (χ1v) is 4.73. The monoisotopic (exact) mass is 194 g/mol. The Morgan fingerprint density at radius 3 is 2.64 bits per heavy atom. The van der Waals surface area contributed by atoms with E-state index in [-0.39, 0.29) is 0 Å². The van der Waals surface area contributed by atoms with Crippen molar-refractivity contribution >= 4 is 5.82 Å². The second-order valence-electron chi connectivity index (χ2n) is 3.62. The summed E-state index contributed by atoms with van der Waals surface area (Å²) in [5.74, 6) is 0.476. The van der Waals surface area contributed by atoms with Crippen molar-refractivity contribution in [1.29, 1.82) is 0 Å². The quantitative estimate of drug-likeness (QED) is 0.689. The molecule has 2 heterocycles. The molecular weight excluding hydrogens is 180 g/mol. The van der Waals surface area contributed by atoms with Crippen molar-refractivity contribution in [3.05, 3.63) is 23.9 Å². The summed E-state index contributed by atoms with van der Waals surface area (Å²) < 4.78 is 5.21. The van der Waals surface area contributed by atoms with E-state index < -0.39 is 5.60 Å². The minimum atomic E-state index is -0.779. The Bertz CT molecular complexity index is 304. The van der Waals surface area contributed by atoms with Gasteiger partial charge in [-0.15, -0.1) is 0 Å². The smallest absolute Gasteiger partial charge is 0.123 e. The molecule has 0 aliphatic carbocycles. The summed E-state index contributed by atoms with van der Waals surface area (Å²) in [5, 5.41) is 10.3. The Labute approximate surface area is 82.7 Å². The molecule has 0 bridgehead atoms. The molecule has 0 aromatic carbocycles. The molecule has 4 heteroatoms. The lowest BCUT2D eigenvalue weighted by Gasteiger charge is -2.32. The molecule has 1 aromatic heterocycles. The maximum absolute atomic E-state index is 10.3. The van der Waals surface area contributed by atoms with Crippen LogP contribution in [0.3, 0.4) is 0 Å². The number of aliphatic hydroxyl groups is 1. The molecule has 2 rings (SSSR count). The van der Waals surface area contributed by atoms with Gasteiger partial charge in [0.15, 0.2) is 0 Å². The van der Waals surface area contributed by atoms with Crippen LogP contribution in [0.25, 0.3) is 0 Å². The number of rotatable bonds is 1. The first-order valence-electron chi connectivity index (χ1n) is 4.73. The molecule has 0 saturated carbocycles. The molecule has 0 unspecified atom stereocenters. The van der Waals surface area contributed by atoms with E-state index in [0.29, 0.717) is 31.9 Å². The minimum absolute atomic E-state index is 0.476. The summed E-state index contributed by atoms with van der Waals surface area (Å²) in [4.78, 5) is 3.98. The Hall–Kier alpha value is -1.13. The van der Waals surface area contributed by atoms with Crippen LogP contribution in [0.2, 0.25) is 0 Å². The van der Waals surface area contributed by atoms with Gasteiger partial charge in [-0.1, -0.05) is 6.07 Å². The molecule has 3 N–H and O–H groups in total.